The molecule has 0 aliphatic carbocycles. The average molecular weight is 390 g/mol. The zero-order valence-corrected chi connectivity index (χ0v) is 15.7. The SMILES string of the molecule is CCSc1ncnn1CC1(c2ccc(F)cc2)OC1c1ccccc1Cl. The van der Waals surface area contributed by atoms with Gasteiger partial charge in [0.05, 0.1) is 6.54 Å². The van der Waals surface area contributed by atoms with Crippen LogP contribution in [0, 0.1) is 5.82 Å². The summed E-state index contributed by atoms with van der Waals surface area (Å²) < 4.78 is 21.5. The summed E-state index contributed by atoms with van der Waals surface area (Å²) in [5, 5.41) is 5.84. The maximum Gasteiger partial charge on any atom is 0.186 e. The number of epoxide rings is 1. The molecule has 2 unspecified atom stereocenters. The number of nitrogens with zero attached hydrogens (tertiary/aromatic N) is 3. The van der Waals surface area contributed by atoms with E-state index in [-0.39, 0.29) is 11.9 Å². The van der Waals surface area contributed by atoms with E-state index in [0.717, 1.165) is 22.0 Å². The molecule has 1 aromatic heterocycles. The second-order valence-electron chi connectivity index (χ2n) is 6.05. The third-order valence-electron chi connectivity index (χ3n) is 4.45. The summed E-state index contributed by atoms with van der Waals surface area (Å²) in [6.45, 7) is 2.55. The third kappa shape index (κ3) is 3.13. The van der Waals surface area contributed by atoms with Gasteiger partial charge in [0.25, 0.3) is 0 Å². The molecule has 1 aliphatic heterocycles. The van der Waals surface area contributed by atoms with E-state index in [1.165, 1.54) is 12.1 Å². The van der Waals surface area contributed by atoms with Gasteiger partial charge in [-0.15, -0.1) is 0 Å². The molecule has 0 amide bonds. The van der Waals surface area contributed by atoms with Crippen LogP contribution in [0.5, 0.6) is 0 Å². The Morgan fingerprint density at radius 1 is 1.23 bits per heavy atom. The van der Waals surface area contributed by atoms with Crippen molar-refractivity contribution in [1.29, 1.82) is 0 Å². The Balaban J connectivity index is 1.73. The van der Waals surface area contributed by atoms with Crippen LogP contribution in [-0.2, 0) is 16.9 Å². The molecule has 0 radical (unpaired) electrons. The van der Waals surface area contributed by atoms with Crippen molar-refractivity contribution in [2.24, 2.45) is 0 Å². The van der Waals surface area contributed by atoms with Gasteiger partial charge in [0.1, 0.15) is 23.8 Å². The number of thioether (sulfide) groups is 1. The van der Waals surface area contributed by atoms with Crippen LogP contribution in [-0.4, -0.2) is 20.5 Å². The van der Waals surface area contributed by atoms with Crippen molar-refractivity contribution in [3.63, 3.8) is 0 Å². The third-order valence-corrected chi connectivity index (χ3v) is 5.66. The lowest BCUT2D eigenvalue weighted by Crippen LogP contribution is -2.20. The molecule has 134 valence electrons. The molecule has 2 heterocycles. The molecule has 1 saturated heterocycles. The van der Waals surface area contributed by atoms with Crippen LogP contribution < -0.4 is 0 Å². The maximum absolute atomic E-state index is 13.4. The van der Waals surface area contributed by atoms with Crippen LogP contribution in [0.15, 0.2) is 60.0 Å². The summed E-state index contributed by atoms with van der Waals surface area (Å²) in [5.74, 6) is 0.624. The van der Waals surface area contributed by atoms with Crippen molar-refractivity contribution >= 4 is 23.4 Å². The van der Waals surface area contributed by atoms with Gasteiger partial charge in [0.15, 0.2) is 5.16 Å². The number of halogens is 2. The van der Waals surface area contributed by atoms with Gasteiger partial charge in [-0.2, -0.15) is 5.10 Å². The monoisotopic (exact) mass is 389 g/mol. The molecule has 3 aromatic rings. The Kier molecular flexibility index (Phi) is 4.73. The van der Waals surface area contributed by atoms with E-state index in [9.17, 15) is 4.39 Å². The molecular weight excluding hydrogens is 373 g/mol. The summed E-state index contributed by atoms with van der Waals surface area (Å²) in [5.41, 5.74) is 1.17. The van der Waals surface area contributed by atoms with Crippen LogP contribution in [0.25, 0.3) is 0 Å². The minimum absolute atomic E-state index is 0.217. The van der Waals surface area contributed by atoms with Gasteiger partial charge >= 0.3 is 0 Å². The summed E-state index contributed by atoms with van der Waals surface area (Å²) in [7, 11) is 0. The molecule has 0 saturated carbocycles. The van der Waals surface area contributed by atoms with E-state index in [1.807, 2.05) is 28.9 Å². The van der Waals surface area contributed by atoms with Crippen molar-refractivity contribution in [1.82, 2.24) is 14.8 Å². The minimum atomic E-state index is -0.643. The van der Waals surface area contributed by atoms with Gasteiger partial charge in [-0.25, -0.2) is 14.1 Å². The van der Waals surface area contributed by atoms with E-state index in [4.69, 9.17) is 16.3 Å². The van der Waals surface area contributed by atoms with Crippen LogP contribution in [0.2, 0.25) is 5.02 Å². The van der Waals surface area contributed by atoms with Crippen molar-refractivity contribution in [2.75, 3.05) is 5.75 Å². The number of rotatable bonds is 6. The highest BCUT2D eigenvalue weighted by Crippen LogP contribution is 2.59. The van der Waals surface area contributed by atoms with Crippen molar-refractivity contribution in [3.8, 4) is 0 Å². The van der Waals surface area contributed by atoms with Gasteiger partial charge < -0.3 is 4.74 Å². The molecule has 4 nitrogen and oxygen atoms in total. The minimum Gasteiger partial charge on any atom is -0.354 e. The van der Waals surface area contributed by atoms with Gasteiger partial charge in [-0.05, 0) is 29.5 Å². The quantitative estimate of drug-likeness (QED) is 0.446. The Hall–Kier alpha value is -1.89. The lowest BCUT2D eigenvalue weighted by Gasteiger charge is -2.15. The topological polar surface area (TPSA) is 43.2 Å². The van der Waals surface area contributed by atoms with Crippen LogP contribution >= 0.6 is 23.4 Å². The number of benzene rings is 2. The lowest BCUT2D eigenvalue weighted by molar-refractivity contribution is 0.256. The average Bonchev–Trinajstić information content (AvgIpc) is 3.19. The maximum atomic E-state index is 13.4. The van der Waals surface area contributed by atoms with Crippen molar-refractivity contribution < 1.29 is 9.13 Å². The zero-order valence-electron chi connectivity index (χ0n) is 14.1. The highest BCUT2D eigenvalue weighted by Gasteiger charge is 2.59. The fourth-order valence-electron chi connectivity index (χ4n) is 3.17. The zero-order chi connectivity index (χ0) is 18.1. The van der Waals surface area contributed by atoms with E-state index in [0.29, 0.717) is 11.6 Å². The highest BCUT2D eigenvalue weighted by atomic mass is 35.5. The van der Waals surface area contributed by atoms with Gasteiger partial charge in [0, 0.05) is 10.6 Å². The largest absolute Gasteiger partial charge is 0.354 e. The molecule has 0 spiro atoms. The van der Waals surface area contributed by atoms with E-state index >= 15 is 0 Å². The molecular formula is C19H17ClFN3OS. The van der Waals surface area contributed by atoms with Gasteiger partial charge in [-0.1, -0.05) is 60.6 Å². The number of hydrogen-bond donors (Lipinski definition) is 0. The Morgan fingerprint density at radius 2 is 2.00 bits per heavy atom. The molecule has 26 heavy (non-hydrogen) atoms. The first-order chi connectivity index (χ1) is 12.6. The first-order valence-corrected chi connectivity index (χ1v) is 9.69. The van der Waals surface area contributed by atoms with E-state index < -0.39 is 5.60 Å². The van der Waals surface area contributed by atoms with Crippen molar-refractivity contribution in [3.05, 3.63) is 76.8 Å². The second kappa shape index (κ2) is 7.02. The molecule has 1 aliphatic rings. The molecule has 4 rings (SSSR count). The molecule has 2 atom stereocenters. The number of ether oxygens (including phenoxy) is 1. The molecule has 1 fully saturated rings. The summed E-state index contributed by atoms with van der Waals surface area (Å²) in [6.07, 6.45) is 1.33. The van der Waals surface area contributed by atoms with E-state index in [1.54, 1.807) is 30.2 Å². The lowest BCUT2D eigenvalue weighted by atomic mass is 9.91. The van der Waals surface area contributed by atoms with Crippen LogP contribution in [0.1, 0.15) is 24.2 Å². The fraction of sp³-hybridized carbons (Fsp3) is 0.263. The van der Waals surface area contributed by atoms with Crippen molar-refractivity contribution in [2.45, 2.75) is 30.3 Å². The standard InChI is InChI=1S/C19H17ClFN3OS/c1-2-26-18-22-12-23-24(18)11-19(13-7-9-14(21)10-8-13)17(25-19)15-5-3-4-6-16(15)20/h3-10,12,17H,2,11H2,1H3. The normalized spacial score (nSPS) is 21.7. The molecule has 0 N–H and O–H groups in total. The predicted molar refractivity (Wildman–Crippen MR) is 99.8 cm³/mol. The second-order valence-corrected chi connectivity index (χ2v) is 7.69. The van der Waals surface area contributed by atoms with E-state index in [2.05, 4.69) is 17.0 Å². The first-order valence-electron chi connectivity index (χ1n) is 8.33. The number of hydrogen-bond acceptors (Lipinski definition) is 4. The van der Waals surface area contributed by atoms with Crippen LogP contribution in [0.4, 0.5) is 4.39 Å². The highest BCUT2D eigenvalue weighted by molar-refractivity contribution is 7.99. The van der Waals surface area contributed by atoms with Gasteiger partial charge in [0.2, 0.25) is 0 Å². The Labute approximate surface area is 160 Å². The predicted octanol–water partition coefficient (Wildman–Crippen LogP) is 4.85. The molecule has 0 bridgehead atoms. The Bertz CT molecular complexity index is 917. The summed E-state index contributed by atoms with van der Waals surface area (Å²) in [4.78, 5) is 4.31. The molecule has 2 aromatic carbocycles. The summed E-state index contributed by atoms with van der Waals surface area (Å²) >= 11 is 8.01. The van der Waals surface area contributed by atoms with Crippen LogP contribution in [0.3, 0.4) is 0 Å². The van der Waals surface area contributed by atoms with Gasteiger partial charge in [-0.3, -0.25) is 0 Å². The fourth-order valence-corrected chi connectivity index (χ4v) is 4.04. The Morgan fingerprint density at radius 3 is 2.73 bits per heavy atom. The smallest absolute Gasteiger partial charge is 0.186 e. The molecule has 7 heteroatoms. The first kappa shape index (κ1) is 17.5. The number of aromatic nitrogens is 3. The summed E-state index contributed by atoms with van der Waals surface area (Å²) in [6, 6.07) is 14.1.